The van der Waals surface area contributed by atoms with E-state index in [0.717, 1.165) is 5.56 Å². The Morgan fingerprint density at radius 2 is 1.69 bits per heavy atom. The summed E-state index contributed by atoms with van der Waals surface area (Å²) in [6.07, 6.45) is 1.42. The van der Waals surface area contributed by atoms with E-state index in [4.69, 9.17) is 14.2 Å². The van der Waals surface area contributed by atoms with Gasteiger partial charge in [0.15, 0.2) is 0 Å². The number of carbonyl (C=O) groups excluding carboxylic acids is 2. The zero-order valence-electron chi connectivity index (χ0n) is 17.7. The summed E-state index contributed by atoms with van der Waals surface area (Å²) in [5.74, 6) is -0.264. The van der Waals surface area contributed by atoms with E-state index in [1.165, 1.54) is 20.4 Å². The van der Waals surface area contributed by atoms with Crippen LogP contribution in [0.3, 0.4) is 0 Å². The number of nitrogens with one attached hydrogen (secondary N) is 2. The molecule has 32 heavy (non-hydrogen) atoms. The Morgan fingerprint density at radius 3 is 2.44 bits per heavy atom. The highest BCUT2D eigenvalue weighted by atomic mass is 16.5. The molecule has 0 aliphatic rings. The van der Waals surface area contributed by atoms with Crippen LogP contribution in [0.5, 0.6) is 17.2 Å². The molecule has 8 nitrogen and oxygen atoms in total. The molecule has 0 aliphatic heterocycles. The number of hydrogen-bond donors (Lipinski definition) is 2. The second-order valence-corrected chi connectivity index (χ2v) is 6.57. The minimum atomic E-state index is -0.928. The number of benzene rings is 3. The first-order valence-corrected chi connectivity index (χ1v) is 9.72. The summed E-state index contributed by atoms with van der Waals surface area (Å²) >= 11 is 0. The normalized spacial score (nSPS) is 10.4. The molecule has 0 saturated heterocycles. The van der Waals surface area contributed by atoms with E-state index >= 15 is 0 Å². The minimum absolute atomic E-state index is 0.305. The summed E-state index contributed by atoms with van der Waals surface area (Å²) in [5, 5.41) is 6.32. The Labute approximate surface area is 185 Å². The molecule has 0 fully saturated rings. The molecule has 3 rings (SSSR count). The van der Waals surface area contributed by atoms with Gasteiger partial charge in [-0.15, -0.1) is 0 Å². The van der Waals surface area contributed by atoms with Gasteiger partial charge in [0.05, 0.1) is 26.1 Å². The van der Waals surface area contributed by atoms with Crippen LogP contribution in [0.2, 0.25) is 0 Å². The van der Waals surface area contributed by atoms with Gasteiger partial charge in [-0.2, -0.15) is 5.10 Å². The topological polar surface area (TPSA) is 98.2 Å². The highest BCUT2D eigenvalue weighted by Gasteiger charge is 2.16. The zero-order valence-corrected chi connectivity index (χ0v) is 17.7. The molecule has 3 aromatic carbocycles. The van der Waals surface area contributed by atoms with Crippen LogP contribution < -0.4 is 25.0 Å². The van der Waals surface area contributed by atoms with Gasteiger partial charge < -0.3 is 19.5 Å². The number of methoxy groups -OCH3 is 2. The van der Waals surface area contributed by atoms with Crippen LogP contribution in [0.15, 0.2) is 77.9 Å². The van der Waals surface area contributed by atoms with Gasteiger partial charge in [0.2, 0.25) is 0 Å². The lowest BCUT2D eigenvalue weighted by atomic mass is 10.2. The fourth-order valence-corrected chi connectivity index (χ4v) is 2.73. The number of hydrazone groups is 1. The molecule has 0 saturated carbocycles. The van der Waals surface area contributed by atoms with Crippen molar-refractivity contribution in [2.45, 2.75) is 6.61 Å². The minimum Gasteiger partial charge on any atom is -0.497 e. The molecule has 2 N–H and O–H groups in total. The van der Waals surface area contributed by atoms with E-state index in [2.05, 4.69) is 15.8 Å². The van der Waals surface area contributed by atoms with Gasteiger partial charge in [-0.3, -0.25) is 9.59 Å². The zero-order chi connectivity index (χ0) is 22.8. The van der Waals surface area contributed by atoms with Gasteiger partial charge >= 0.3 is 11.8 Å². The van der Waals surface area contributed by atoms with Crippen LogP contribution >= 0.6 is 0 Å². The number of ether oxygens (including phenoxy) is 3. The molecule has 0 heterocycles. The van der Waals surface area contributed by atoms with Gasteiger partial charge in [0.25, 0.3) is 0 Å². The molecule has 8 heteroatoms. The van der Waals surface area contributed by atoms with Crippen LogP contribution in [0.25, 0.3) is 0 Å². The van der Waals surface area contributed by atoms with Crippen molar-refractivity contribution in [3.05, 3.63) is 83.9 Å². The molecule has 0 aromatic heterocycles. The lowest BCUT2D eigenvalue weighted by Gasteiger charge is -2.11. The highest BCUT2D eigenvalue weighted by Crippen LogP contribution is 2.28. The molecule has 0 aliphatic carbocycles. The lowest BCUT2D eigenvalue weighted by molar-refractivity contribution is -0.136. The van der Waals surface area contributed by atoms with E-state index in [9.17, 15) is 9.59 Å². The monoisotopic (exact) mass is 433 g/mol. The Balaban J connectivity index is 1.55. The summed E-state index contributed by atoms with van der Waals surface area (Å²) in [5.41, 5.74) is 4.26. The Morgan fingerprint density at radius 1 is 0.875 bits per heavy atom. The Bertz CT molecular complexity index is 1100. The van der Waals surface area contributed by atoms with Crippen molar-refractivity contribution in [2.24, 2.45) is 5.10 Å². The molecule has 0 unspecified atom stereocenters. The smallest absolute Gasteiger partial charge is 0.329 e. The van der Waals surface area contributed by atoms with Gasteiger partial charge in [-0.05, 0) is 35.4 Å². The summed E-state index contributed by atoms with van der Waals surface area (Å²) in [6.45, 7) is 0.437. The molecule has 0 atom stereocenters. The van der Waals surface area contributed by atoms with Crippen molar-refractivity contribution in [1.29, 1.82) is 0 Å². The molecule has 0 radical (unpaired) electrons. The number of anilines is 1. The van der Waals surface area contributed by atoms with Crippen molar-refractivity contribution in [1.82, 2.24) is 5.43 Å². The average Bonchev–Trinajstić information content (AvgIpc) is 2.83. The number of rotatable bonds is 8. The van der Waals surface area contributed by atoms with Crippen LogP contribution in [0.1, 0.15) is 11.1 Å². The van der Waals surface area contributed by atoms with Crippen LogP contribution in [-0.4, -0.2) is 32.2 Å². The average molecular weight is 433 g/mol. The van der Waals surface area contributed by atoms with Crippen molar-refractivity contribution in [3.63, 3.8) is 0 Å². The summed E-state index contributed by atoms with van der Waals surface area (Å²) in [6, 6.07) is 21.9. The van der Waals surface area contributed by atoms with E-state index < -0.39 is 11.8 Å². The van der Waals surface area contributed by atoms with Crippen LogP contribution in [0, 0.1) is 0 Å². The first-order valence-electron chi connectivity index (χ1n) is 9.72. The quantitative estimate of drug-likeness (QED) is 0.322. The van der Waals surface area contributed by atoms with E-state index in [0.29, 0.717) is 35.1 Å². The van der Waals surface area contributed by atoms with E-state index in [1.54, 1.807) is 30.3 Å². The maximum Gasteiger partial charge on any atom is 0.329 e. The lowest BCUT2D eigenvalue weighted by Crippen LogP contribution is -2.32. The molecule has 0 bridgehead atoms. The summed E-state index contributed by atoms with van der Waals surface area (Å²) in [4.78, 5) is 24.3. The third-order valence-electron chi connectivity index (χ3n) is 4.35. The maximum absolute atomic E-state index is 12.2. The van der Waals surface area contributed by atoms with E-state index in [1.807, 2.05) is 42.5 Å². The predicted molar refractivity (Wildman–Crippen MR) is 121 cm³/mol. The standard InChI is InChI=1S/C24H23N3O5/c1-30-19-11-12-22(31-2)21(14-19)26-23(28)24(29)27-25-15-18-9-6-10-20(13-18)32-16-17-7-4-3-5-8-17/h3-15H,16H2,1-2H3,(H,26,28)(H,27,29). The fraction of sp³-hybridized carbons (Fsp3) is 0.125. The van der Waals surface area contributed by atoms with Crippen molar-refractivity contribution in [3.8, 4) is 17.2 Å². The first-order chi connectivity index (χ1) is 15.6. The van der Waals surface area contributed by atoms with Crippen molar-refractivity contribution < 1.29 is 23.8 Å². The summed E-state index contributed by atoms with van der Waals surface area (Å²) < 4.78 is 16.1. The molecule has 164 valence electrons. The van der Waals surface area contributed by atoms with E-state index in [-0.39, 0.29) is 0 Å². The molecular formula is C24H23N3O5. The number of carbonyl (C=O) groups is 2. The number of nitrogens with zero attached hydrogens (tertiary/aromatic N) is 1. The number of amides is 2. The second kappa shape index (κ2) is 11.2. The van der Waals surface area contributed by atoms with Crippen LogP contribution in [-0.2, 0) is 16.2 Å². The largest absolute Gasteiger partial charge is 0.497 e. The van der Waals surface area contributed by atoms with Crippen molar-refractivity contribution in [2.75, 3.05) is 19.5 Å². The molecule has 2 amide bonds. The third-order valence-corrected chi connectivity index (χ3v) is 4.35. The van der Waals surface area contributed by atoms with Gasteiger partial charge in [-0.25, -0.2) is 5.43 Å². The number of hydrogen-bond acceptors (Lipinski definition) is 6. The predicted octanol–water partition coefficient (Wildman–Crippen LogP) is 3.37. The molecular weight excluding hydrogens is 410 g/mol. The maximum atomic E-state index is 12.2. The fourth-order valence-electron chi connectivity index (χ4n) is 2.73. The molecule has 3 aromatic rings. The van der Waals surface area contributed by atoms with Gasteiger partial charge in [-0.1, -0.05) is 42.5 Å². The Kier molecular flexibility index (Phi) is 7.80. The summed E-state index contributed by atoms with van der Waals surface area (Å²) in [7, 11) is 2.95. The SMILES string of the molecule is COc1ccc(OC)c(NC(=O)C(=O)NN=Cc2cccc(OCc3ccccc3)c2)c1. The van der Waals surface area contributed by atoms with Gasteiger partial charge in [0, 0.05) is 6.07 Å². The Hall–Kier alpha value is -4.33. The highest BCUT2D eigenvalue weighted by molar-refractivity contribution is 6.39. The second-order valence-electron chi connectivity index (χ2n) is 6.57. The van der Waals surface area contributed by atoms with Crippen LogP contribution in [0.4, 0.5) is 5.69 Å². The first kappa shape index (κ1) is 22.4. The van der Waals surface area contributed by atoms with Gasteiger partial charge in [0.1, 0.15) is 23.9 Å². The van der Waals surface area contributed by atoms with Crippen molar-refractivity contribution >= 4 is 23.7 Å². The third kappa shape index (κ3) is 6.33. The molecule has 0 spiro atoms.